The summed E-state index contributed by atoms with van der Waals surface area (Å²) in [5.74, 6) is -10.9. The SMILES string of the molecule is CCC(C)(OC)C(F)(F)C(F)(F)C(F)(F)OC(C)(C)C. The Morgan fingerprint density at radius 1 is 0.800 bits per heavy atom. The van der Waals surface area contributed by atoms with Gasteiger partial charge >= 0.3 is 18.0 Å². The normalized spacial score (nSPS) is 18.0. The minimum absolute atomic E-state index is 0.586. The fraction of sp³-hybridized carbons (Fsp3) is 1.00. The number of methoxy groups -OCH3 is 1. The van der Waals surface area contributed by atoms with Gasteiger partial charge in [-0.15, -0.1) is 0 Å². The van der Waals surface area contributed by atoms with Gasteiger partial charge in [0.25, 0.3) is 0 Å². The summed E-state index contributed by atoms with van der Waals surface area (Å²) < 4.78 is 90.3. The molecule has 0 aromatic rings. The molecule has 2 nitrogen and oxygen atoms in total. The van der Waals surface area contributed by atoms with E-state index in [1.807, 2.05) is 0 Å². The van der Waals surface area contributed by atoms with Crippen LogP contribution >= 0.6 is 0 Å². The van der Waals surface area contributed by atoms with Crippen LogP contribution in [0.25, 0.3) is 0 Å². The van der Waals surface area contributed by atoms with Crippen molar-refractivity contribution in [2.45, 2.75) is 70.2 Å². The highest BCUT2D eigenvalue weighted by Crippen LogP contribution is 2.53. The molecule has 0 N–H and O–H groups in total. The monoisotopic (exact) mass is 310 g/mol. The van der Waals surface area contributed by atoms with Gasteiger partial charge in [0.2, 0.25) is 0 Å². The van der Waals surface area contributed by atoms with Crippen molar-refractivity contribution in [1.29, 1.82) is 0 Å². The van der Waals surface area contributed by atoms with Crippen molar-refractivity contribution < 1.29 is 35.8 Å². The molecule has 0 rings (SSSR count). The first-order valence-electron chi connectivity index (χ1n) is 5.97. The quantitative estimate of drug-likeness (QED) is 0.673. The van der Waals surface area contributed by atoms with E-state index in [4.69, 9.17) is 0 Å². The Labute approximate surface area is 114 Å². The number of hydrogen-bond donors (Lipinski definition) is 0. The molecule has 0 aliphatic heterocycles. The number of ether oxygens (including phenoxy) is 2. The summed E-state index contributed by atoms with van der Waals surface area (Å²) in [5, 5.41) is 0. The number of alkyl halides is 6. The fourth-order valence-corrected chi connectivity index (χ4v) is 1.46. The molecule has 0 heterocycles. The number of hydrogen-bond acceptors (Lipinski definition) is 2. The second kappa shape index (κ2) is 5.36. The van der Waals surface area contributed by atoms with Crippen molar-refractivity contribution in [3.8, 4) is 0 Å². The Morgan fingerprint density at radius 2 is 1.20 bits per heavy atom. The average Bonchev–Trinajstić information content (AvgIpc) is 2.23. The third-order valence-electron chi connectivity index (χ3n) is 2.98. The van der Waals surface area contributed by atoms with E-state index in [0.717, 1.165) is 34.8 Å². The second-order valence-electron chi connectivity index (χ2n) is 5.67. The molecule has 0 aromatic heterocycles. The molecule has 0 saturated carbocycles. The van der Waals surface area contributed by atoms with Gasteiger partial charge in [-0.1, -0.05) is 6.92 Å². The van der Waals surface area contributed by atoms with Gasteiger partial charge in [0.15, 0.2) is 0 Å². The van der Waals surface area contributed by atoms with E-state index in [0.29, 0.717) is 6.92 Å². The zero-order valence-corrected chi connectivity index (χ0v) is 12.3. The van der Waals surface area contributed by atoms with E-state index in [9.17, 15) is 26.3 Å². The summed E-state index contributed by atoms with van der Waals surface area (Å²) in [6, 6.07) is 0. The molecule has 0 aliphatic carbocycles. The summed E-state index contributed by atoms with van der Waals surface area (Å²) in [5.41, 5.74) is -4.47. The van der Waals surface area contributed by atoms with Crippen LogP contribution < -0.4 is 0 Å². The first-order chi connectivity index (χ1) is 8.58. The molecule has 122 valence electrons. The highest BCUT2D eigenvalue weighted by atomic mass is 19.3. The maximum atomic E-state index is 13.9. The third-order valence-corrected chi connectivity index (χ3v) is 2.98. The van der Waals surface area contributed by atoms with Crippen molar-refractivity contribution in [2.24, 2.45) is 0 Å². The molecule has 1 unspecified atom stereocenters. The Morgan fingerprint density at radius 3 is 1.45 bits per heavy atom. The zero-order chi connectivity index (χ0) is 16.6. The van der Waals surface area contributed by atoms with E-state index in [1.165, 1.54) is 0 Å². The van der Waals surface area contributed by atoms with Gasteiger partial charge in [-0.2, -0.15) is 26.3 Å². The molecule has 20 heavy (non-hydrogen) atoms. The maximum absolute atomic E-state index is 13.9. The fourth-order valence-electron chi connectivity index (χ4n) is 1.46. The second-order valence-corrected chi connectivity index (χ2v) is 5.67. The van der Waals surface area contributed by atoms with Crippen LogP contribution in [-0.2, 0) is 9.47 Å². The molecule has 0 aromatic carbocycles. The Hall–Kier alpha value is -0.500. The molecule has 1 atom stereocenters. The Balaban J connectivity index is 5.71. The molecular formula is C12H20F6O2. The number of halogens is 6. The standard InChI is InChI=1S/C12H20F6O2/c1-7-9(5,19-6)10(13,14)11(15,16)12(17,18)20-8(2,3)4/h7H2,1-6H3. The predicted molar refractivity (Wildman–Crippen MR) is 61.4 cm³/mol. The maximum Gasteiger partial charge on any atom is 0.426 e. The van der Waals surface area contributed by atoms with Crippen LogP contribution in [0.4, 0.5) is 26.3 Å². The van der Waals surface area contributed by atoms with Gasteiger partial charge in [0.05, 0.1) is 5.60 Å². The predicted octanol–water partition coefficient (Wildman–Crippen LogP) is 4.48. The summed E-state index contributed by atoms with van der Waals surface area (Å²) in [6.45, 7) is 4.96. The lowest BCUT2D eigenvalue weighted by Crippen LogP contribution is -2.66. The van der Waals surface area contributed by atoms with E-state index >= 15 is 0 Å². The summed E-state index contributed by atoms with van der Waals surface area (Å²) in [6.07, 6.45) is -5.93. The molecule has 0 fully saturated rings. The molecule has 0 radical (unpaired) electrons. The van der Waals surface area contributed by atoms with Crippen molar-refractivity contribution >= 4 is 0 Å². The first-order valence-corrected chi connectivity index (χ1v) is 5.97. The molecule has 0 amide bonds. The summed E-state index contributed by atoms with van der Waals surface area (Å²) >= 11 is 0. The van der Waals surface area contributed by atoms with Crippen LogP contribution in [0.5, 0.6) is 0 Å². The lowest BCUT2D eigenvalue weighted by Gasteiger charge is -2.42. The topological polar surface area (TPSA) is 18.5 Å². The molecule has 0 bridgehead atoms. The van der Waals surface area contributed by atoms with Crippen LogP contribution in [0.3, 0.4) is 0 Å². The minimum Gasteiger partial charge on any atom is -0.372 e. The average molecular weight is 310 g/mol. The van der Waals surface area contributed by atoms with Gasteiger partial charge < -0.3 is 9.47 Å². The van der Waals surface area contributed by atoms with E-state index in [2.05, 4.69) is 9.47 Å². The van der Waals surface area contributed by atoms with Gasteiger partial charge in [-0.05, 0) is 34.1 Å². The first kappa shape index (κ1) is 19.5. The highest BCUT2D eigenvalue weighted by molar-refractivity contribution is 5.03. The minimum atomic E-state index is -5.73. The Kier molecular flexibility index (Phi) is 5.23. The van der Waals surface area contributed by atoms with E-state index < -0.39 is 35.6 Å². The third kappa shape index (κ3) is 3.21. The van der Waals surface area contributed by atoms with Crippen LogP contribution in [0.1, 0.15) is 41.0 Å². The van der Waals surface area contributed by atoms with Gasteiger partial charge in [-0.3, -0.25) is 0 Å². The summed E-state index contributed by atoms with van der Waals surface area (Å²) in [7, 11) is 0.760. The lowest BCUT2D eigenvalue weighted by molar-refractivity contribution is -0.436. The zero-order valence-electron chi connectivity index (χ0n) is 12.3. The largest absolute Gasteiger partial charge is 0.426 e. The van der Waals surface area contributed by atoms with Crippen LogP contribution in [-0.4, -0.2) is 36.3 Å². The lowest BCUT2D eigenvalue weighted by atomic mass is 9.89. The van der Waals surface area contributed by atoms with Crippen molar-refractivity contribution in [1.82, 2.24) is 0 Å². The van der Waals surface area contributed by atoms with Crippen LogP contribution in [0.2, 0.25) is 0 Å². The molecule has 0 aliphatic rings. The molecule has 8 heteroatoms. The smallest absolute Gasteiger partial charge is 0.372 e. The van der Waals surface area contributed by atoms with Gasteiger partial charge in [0.1, 0.15) is 5.60 Å². The van der Waals surface area contributed by atoms with Crippen molar-refractivity contribution in [2.75, 3.05) is 7.11 Å². The number of rotatable bonds is 6. The van der Waals surface area contributed by atoms with Crippen LogP contribution in [0.15, 0.2) is 0 Å². The highest BCUT2D eigenvalue weighted by Gasteiger charge is 2.78. The van der Waals surface area contributed by atoms with Gasteiger partial charge in [-0.25, -0.2) is 0 Å². The van der Waals surface area contributed by atoms with E-state index in [-0.39, 0.29) is 0 Å². The molecular weight excluding hydrogens is 290 g/mol. The molecule has 0 saturated heterocycles. The van der Waals surface area contributed by atoms with E-state index in [1.54, 1.807) is 0 Å². The van der Waals surface area contributed by atoms with Crippen LogP contribution in [0, 0.1) is 0 Å². The Bertz CT molecular complexity index is 331. The summed E-state index contributed by atoms with van der Waals surface area (Å²) in [4.78, 5) is 0. The van der Waals surface area contributed by atoms with Crippen molar-refractivity contribution in [3.05, 3.63) is 0 Å². The van der Waals surface area contributed by atoms with Gasteiger partial charge in [0, 0.05) is 7.11 Å². The van der Waals surface area contributed by atoms with Crippen molar-refractivity contribution in [3.63, 3.8) is 0 Å². The molecule has 0 spiro atoms.